The fourth-order valence-corrected chi connectivity index (χ4v) is 2.90. The van der Waals surface area contributed by atoms with Crippen molar-refractivity contribution in [2.24, 2.45) is 0 Å². The van der Waals surface area contributed by atoms with Crippen LogP contribution in [0.2, 0.25) is 0 Å². The van der Waals surface area contributed by atoms with Crippen molar-refractivity contribution >= 4 is 17.5 Å². The third-order valence-corrected chi connectivity index (χ3v) is 4.23. The summed E-state index contributed by atoms with van der Waals surface area (Å²) in [6.07, 6.45) is 2.06. The van der Waals surface area contributed by atoms with E-state index in [4.69, 9.17) is 0 Å². The van der Waals surface area contributed by atoms with Crippen LogP contribution in [0, 0.1) is 18.8 Å². The predicted octanol–water partition coefficient (Wildman–Crippen LogP) is 3.22. The maximum absolute atomic E-state index is 12.7. The van der Waals surface area contributed by atoms with Crippen LogP contribution in [0.3, 0.4) is 0 Å². The molecule has 0 radical (unpaired) electrons. The van der Waals surface area contributed by atoms with E-state index >= 15 is 0 Å². The summed E-state index contributed by atoms with van der Waals surface area (Å²) in [5.74, 6) is 4.96. The van der Waals surface area contributed by atoms with Gasteiger partial charge in [-0.15, -0.1) is 0 Å². The molecular formula is C21H20N2O2. The lowest BCUT2D eigenvalue weighted by atomic mass is 10.1. The quantitative estimate of drug-likeness (QED) is 0.859. The summed E-state index contributed by atoms with van der Waals surface area (Å²) in [6.45, 7) is 3.42. The normalized spacial score (nSPS) is 13.1. The van der Waals surface area contributed by atoms with Crippen molar-refractivity contribution in [1.29, 1.82) is 0 Å². The van der Waals surface area contributed by atoms with E-state index in [1.807, 2.05) is 54.3 Å². The number of carbonyl (C=O) groups excluding carboxylic acids is 2. The van der Waals surface area contributed by atoms with Gasteiger partial charge in [0.25, 0.3) is 5.91 Å². The van der Waals surface area contributed by atoms with Gasteiger partial charge in [-0.25, -0.2) is 0 Å². The first-order valence-corrected chi connectivity index (χ1v) is 8.42. The highest BCUT2D eigenvalue weighted by Crippen LogP contribution is 2.23. The van der Waals surface area contributed by atoms with Gasteiger partial charge >= 0.3 is 5.91 Å². The molecule has 4 nitrogen and oxygen atoms in total. The molecule has 0 bridgehead atoms. The van der Waals surface area contributed by atoms with Gasteiger partial charge in [0.15, 0.2) is 0 Å². The van der Waals surface area contributed by atoms with Gasteiger partial charge in [0.2, 0.25) is 0 Å². The standard InChI is InChI=1S/C21H20N2O2/c1-16-8-7-11-18(21(25)23-14-5-6-15-23)20(16)22-19(24)13-12-17-9-3-2-4-10-17/h2-4,7-11H,5-6,14-15H2,1H3,(H,22,24). The van der Waals surface area contributed by atoms with Crippen LogP contribution >= 0.6 is 0 Å². The van der Waals surface area contributed by atoms with Crippen LogP contribution in [0.25, 0.3) is 0 Å². The molecule has 1 aliphatic heterocycles. The zero-order chi connectivity index (χ0) is 17.6. The van der Waals surface area contributed by atoms with Crippen molar-refractivity contribution in [3.63, 3.8) is 0 Å². The molecule has 1 aliphatic rings. The summed E-state index contributed by atoms with van der Waals surface area (Å²) in [6, 6.07) is 14.8. The molecule has 1 fully saturated rings. The lowest BCUT2D eigenvalue weighted by molar-refractivity contribution is -0.111. The lowest BCUT2D eigenvalue weighted by Crippen LogP contribution is -2.29. The van der Waals surface area contributed by atoms with Crippen LogP contribution in [0.15, 0.2) is 48.5 Å². The zero-order valence-corrected chi connectivity index (χ0v) is 14.2. The number of benzene rings is 2. The molecule has 1 heterocycles. The number of anilines is 1. The molecule has 2 aromatic carbocycles. The van der Waals surface area contributed by atoms with Crippen LogP contribution in [0.4, 0.5) is 5.69 Å². The number of hydrogen-bond acceptors (Lipinski definition) is 2. The topological polar surface area (TPSA) is 49.4 Å². The van der Waals surface area contributed by atoms with E-state index in [2.05, 4.69) is 17.2 Å². The smallest absolute Gasteiger partial charge is 0.300 e. The Hall–Kier alpha value is -3.06. The molecule has 126 valence electrons. The first-order chi connectivity index (χ1) is 12.1. The van der Waals surface area contributed by atoms with Crippen molar-refractivity contribution in [3.8, 4) is 11.8 Å². The minimum Gasteiger partial charge on any atom is -0.339 e. The van der Waals surface area contributed by atoms with Gasteiger partial charge in [-0.1, -0.05) is 36.3 Å². The molecular weight excluding hydrogens is 312 g/mol. The molecule has 3 rings (SSSR count). The van der Waals surface area contributed by atoms with E-state index in [9.17, 15) is 9.59 Å². The average molecular weight is 332 g/mol. The van der Waals surface area contributed by atoms with Crippen LogP contribution < -0.4 is 5.32 Å². The van der Waals surface area contributed by atoms with Gasteiger partial charge in [0.1, 0.15) is 0 Å². The summed E-state index contributed by atoms with van der Waals surface area (Å²) in [4.78, 5) is 26.8. The van der Waals surface area contributed by atoms with E-state index in [1.165, 1.54) is 0 Å². The highest BCUT2D eigenvalue weighted by molar-refractivity contribution is 6.09. The minimum atomic E-state index is -0.423. The molecule has 1 N–H and O–H groups in total. The van der Waals surface area contributed by atoms with Gasteiger partial charge in [0, 0.05) is 24.6 Å². The molecule has 1 saturated heterocycles. The Bertz CT molecular complexity index is 841. The summed E-state index contributed by atoms with van der Waals surface area (Å²) >= 11 is 0. The molecule has 4 heteroatoms. The fraction of sp³-hybridized carbons (Fsp3) is 0.238. The molecule has 0 saturated carbocycles. The number of nitrogens with one attached hydrogen (secondary N) is 1. The molecule has 0 spiro atoms. The zero-order valence-electron chi connectivity index (χ0n) is 14.2. The maximum atomic E-state index is 12.7. The van der Waals surface area contributed by atoms with Gasteiger partial charge in [0.05, 0.1) is 11.3 Å². The fourth-order valence-electron chi connectivity index (χ4n) is 2.90. The monoisotopic (exact) mass is 332 g/mol. The van der Waals surface area contributed by atoms with Crippen molar-refractivity contribution in [1.82, 2.24) is 4.90 Å². The van der Waals surface area contributed by atoms with Crippen molar-refractivity contribution in [2.45, 2.75) is 19.8 Å². The van der Waals surface area contributed by atoms with Crippen LogP contribution in [0.1, 0.15) is 34.3 Å². The molecule has 2 aromatic rings. The number of rotatable bonds is 2. The predicted molar refractivity (Wildman–Crippen MR) is 98.3 cm³/mol. The summed E-state index contributed by atoms with van der Waals surface area (Å²) < 4.78 is 0. The minimum absolute atomic E-state index is 0.0347. The van der Waals surface area contributed by atoms with Gasteiger partial charge in [-0.2, -0.15) is 0 Å². The summed E-state index contributed by atoms with van der Waals surface area (Å²) in [7, 11) is 0. The number of nitrogens with zero attached hydrogens (tertiary/aromatic N) is 1. The third-order valence-electron chi connectivity index (χ3n) is 4.23. The Balaban J connectivity index is 1.81. The molecule has 0 unspecified atom stereocenters. The SMILES string of the molecule is Cc1cccc(C(=O)N2CCCC2)c1NC(=O)C#Cc1ccccc1. The lowest BCUT2D eigenvalue weighted by Gasteiger charge is -2.18. The maximum Gasteiger partial charge on any atom is 0.300 e. The second-order valence-corrected chi connectivity index (χ2v) is 6.07. The Morgan fingerprint density at radius 3 is 2.44 bits per heavy atom. The third kappa shape index (κ3) is 4.07. The van der Waals surface area contributed by atoms with Gasteiger partial charge in [-0.3, -0.25) is 9.59 Å². The average Bonchev–Trinajstić information content (AvgIpc) is 3.17. The van der Waals surface area contributed by atoms with Crippen LogP contribution in [0.5, 0.6) is 0 Å². The number of carbonyl (C=O) groups is 2. The number of aryl methyl sites for hydroxylation is 1. The van der Waals surface area contributed by atoms with Crippen molar-refractivity contribution in [2.75, 3.05) is 18.4 Å². The van der Waals surface area contributed by atoms with Gasteiger partial charge < -0.3 is 10.2 Å². The van der Waals surface area contributed by atoms with E-state index in [0.717, 1.165) is 37.1 Å². The first-order valence-electron chi connectivity index (χ1n) is 8.42. The van der Waals surface area contributed by atoms with E-state index < -0.39 is 5.91 Å². The summed E-state index contributed by atoms with van der Waals surface area (Å²) in [5.41, 5.74) is 2.69. The molecule has 2 amide bonds. The summed E-state index contributed by atoms with van der Waals surface area (Å²) in [5, 5.41) is 2.79. The largest absolute Gasteiger partial charge is 0.339 e. The Labute approximate surface area is 147 Å². The van der Waals surface area contributed by atoms with E-state index in [0.29, 0.717) is 11.3 Å². The Kier molecular flexibility index (Phi) is 5.15. The van der Waals surface area contributed by atoms with E-state index in [1.54, 1.807) is 6.07 Å². The molecule has 25 heavy (non-hydrogen) atoms. The first kappa shape index (κ1) is 16.8. The highest BCUT2D eigenvalue weighted by Gasteiger charge is 2.23. The number of para-hydroxylation sites is 1. The molecule has 0 atom stereocenters. The molecule has 0 aromatic heterocycles. The van der Waals surface area contributed by atoms with Crippen molar-refractivity contribution < 1.29 is 9.59 Å². The second-order valence-electron chi connectivity index (χ2n) is 6.07. The molecule has 0 aliphatic carbocycles. The van der Waals surface area contributed by atoms with Crippen LogP contribution in [-0.4, -0.2) is 29.8 Å². The Morgan fingerprint density at radius 1 is 1.00 bits per heavy atom. The Morgan fingerprint density at radius 2 is 1.72 bits per heavy atom. The number of likely N-dealkylation sites (tertiary alicyclic amines) is 1. The number of amides is 2. The number of hydrogen-bond donors (Lipinski definition) is 1. The van der Waals surface area contributed by atoms with Crippen molar-refractivity contribution in [3.05, 3.63) is 65.2 Å². The van der Waals surface area contributed by atoms with Gasteiger partial charge in [-0.05, 0) is 43.5 Å². The second kappa shape index (κ2) is 7.67. The highest BCUT2D eigenvalue weighted by atomic mass is 16.2. The van der Waals surface area contributed by atoms with E-state index in [-0.39, 0.29) is 5.91 Å². The van der Waals surface area contributed by atoms with Crippen LogP contribution in [-0.2, 0) is 4.79 Å².